The van der Waals surface area contributed by atoms with Crippen molar-refractivity contribution in [3.63, 3.8) is 0 Å². The number of hydrogen-bond donors (Lipinski definition) is 2. The van der Waals surface area contributed by atoms with Gasteiger partial charge in [-0.1, -0.05) is 0 Å². The van der Waals surface area contributed by atoms with E-state index in [1.807, 2.05) is 0 Å². The zero-order valence-corrected chi connectivity index (χ0v) is 12.4. The van der Waals surface area contributed by atoms with Gasteiger partial charge in [0.15, 0.2) is 5.03 Å². The zero-order chi connectivity index (χ0) is 14.6. The average Bonchev–Trinajstić information content (AvgIpc) is 2.48. The topological polar surface area (TPSA) is 82.5 Å². The molecule has 0 amide bonds. The second-order valence-electron chi connectivity index (χ2n) is 4.99. The van der Waals surface area contributed by atoms with Gasteiger partial charge in [0, 0.05) is 32.9 Å². The van der Waals surface area contributed by atoms with E-state index in [2.05, 4.69) is 10.3 Å². The number of nitrogens with zero attached hydrogens (tertiary/aromatic N) is 2. The Kier molecular flexibility index (Phi) is 4.95. The van der Waals surface area contributed by atoms with Crippen molar-refractivity contribution >= 4 is 15.7 Å². The molecule has 0 spiro atoms. The molecule has 1 fully saturated rings. The molecule has 1 atom stereocenters. The van der Waals surface area contributed by atoms with Crippen LogP contribution in [0.2, 0.25) is 0 Å². The first-order valence-corrected chi connectivity index (χ1v) is 8.27. The quantitative estimate of drug-likeness (QED) is 0.844. The Morgan fingerprint density at radius 3 is 3.05 bits per heavy atom. The van der Waals surface area contributed by atoms with Crippen molar-refractivity contribution in [2.45, 2.75) is 24.3 Å². The fourth-order valence-electron chi connectivity index (χ4n) is 2.57. The van der Waals surface area contributed by atoms with Gasteiger partial charge in [-0.3, -0.25) is 0 Å². The molecule has 0 bridgehead atoms. The van der Waals surface area contributed by atoms with Crippen LogP contribution >= 0.6 is 0 Å². The molecule has 1 aromatic rings. The lowest BCUT2D eigenvalue weighted by atomic mass is 9.97. The lowest BCUT2D eigenvalue weighted by Gasteiger charge is -2.31. The van der Waals surface area contributed by atoms with E-state index >= 15 is 0 Å². The van der Waals surface area contributed by atoms with Crippen LogP contribution < -0.4 is 5.32 Å². The van der Waals surface area contributed by atoms with Crippen molar-refractivity contribution in [3.05, 3.63) is 18.3 Å². The van der Waals surface area contributed by atoms with Gasteiger partial charge < -0.3 is 10.4 Å². The second kappa shape index (κ2) is 6.51. The van der Waals surface area contributed by atoms with Gasteiger partial charge in [0.25, 0.3) is 10.0 Å². The minimum absolute atomic E-state index is 0.0761. The molecule has 2 N–H and O–H groups in total. The first-order chi connectivity index (χ1) is 9.59. The van der Waals surface area contributed by atoms with Gasteiger partial charge in [-0.25, -0.2) is 13.4 Å². The number of aliphatic hydroxyl groups excluding tert-OH is 1. The highest BCUT2D eigenvalue weighted by molar-refractivity contribution is 7.89. The lowest BCUT2D eigenvalue weighted by Crippen LogP contribution is -2.40. The minimum atomic E-state index is -3.58. The fourth-order valence-corrected chi connectivity index (χ4v) is 4.24. The summed E-state index contributed by atoms with van der Waals surface area (Å²) >= 11 is 0. The smallest absolute Gasteiger partial charge is 0.262 e. The van der Waals surface area contributed by atoms with Crippen molar-refractivity contribution in [1.29, 1.82) is 0 Å². The van der Waals surface area contributed by atoms with E-state index < -0.39 is 10.0 Å². The molecule has 0 saturated carbocycles. The normalized spacial score (nSPS) is 20.8. The largest absolute Gasteiger partial charge is 0.396 e. The summed E-state index contributed by atoms with van der Waals surface area (Å²) in [6.07, 6.45) is 3.93. The van der Waals surface area contributed by atoms with Crippen molar-refractivity contribution in [2.24, 2.45) is 5.92 Å². The van der Waals surface area contributed by atoms with E-state index in [1.165, 1.54) is 10.5 Å². The predicted octanol–water partition coefficient (Wildman–Crippen LogP) is 0.906. The number of piperidine rings is 1. The number of rotatable bonds is 5. The van der Waals surface area contributed by atoms with E-state index in [9.17, 15) is 8.42 Å². The van der Waals surface area contributed by atoms with E-state index in [0.717, 1.165) is 12.8 Å². The first kappa shape index (κ1) is 15.2. The molecule has 2 heterocycles. The Morgan fingerprint density at radius 2 is 2.35 bits per heavy atom. The number of aliphatic hydroxyl groups is 1. The molecule has 6 nitrogen and oxygen atoms in total. The summed E-state index contributed by atoms with van der Waals surface area (Å²) < 4.78 is 26.8. The van der Waals surface area contributed by atoms with Crippen LogP contribution in [0.25, 0.3) is 0 Å². The third-order valence-corrected chi connectivity index (χ3v) is 5.47. The standard InChI is InChI=1S/C13H21N3O3S/c1-14-12-5-2-7-15-13(12)20(18,19)16-8-3-4-11(10-16)6-9-17/h2,5,7,11,14,17H,3-4,6,8-10H2,1H3. The fraction of sp³-hybridized carbons (Fsp3) is 0.615. The minimum Gasteiger partial charge on any atom is -0.396 e. The van der Waals surface area contributed by atoms with Crippen LogP contribution in [0, 0.1) is 5.92 Å². The molecule has 1 unspecified atom stereocenters. The van der Waals surface area contributed by atoms with Crippen molar-refractivity contribution in [1.82, 2.24) is 9.29 Å². The summed E-state index contributed by atoms with van der Waals surface area (Å²) in [6, 6.07) is 3.41. The lowest BCUT2D eigenvalue weighted by molar-refractivity contribution is 0.202. The molecule has 112 valence electrons. The second-order valence-corrected chi connectivity index (χ2v) is 6.84. The molecule has 1 aliphatic heterocycles. The maximum absolute atomic E-state index is 12.7. The molecule has 7 heteroatoms. The summed E-state index contributed by atoms with van der Waals surface area (Å²) in [5.74, 6) is 0.227. The van der Waals surface area contributed by atoms with E-state index in [1.54, 1.807) is 19.2 Å². The van der Waals surface area contributed by atoms with E-state index in [-0.39, 0.29) is 17.6 Å². The van der Waals surface area contributed by atoms with Crippen LogP contribution in [0.4, 0.5) is 5.69 Å². The molecule has 0 aliphatic carbocycles. The molecular formula is C13H21N3O3S. The Hall–Kier alpha value is -1.18. The maximum atomic E-state index is 12.7. The van der Waals surface area contributed by atoms with Crippen LogP contribution in [-0.4, -0.2) is 49.6 Å². The summed E-state index contributed by atoms with van der Waals surface area (Å²) in [5, 5.41) is 12.0. The number of sulfonamides is 1. The highest BCUT2D eigenvalue weighted by atomic mass is 32.2. The summed E-state index contributed by atoms with van der Waals surface area (Å²) in [7, 11) is -1.90. The Balaban J connectivity index is 2.25. The van der Waals surface area contributed by atoms with Crippen LogP contribution in [0.5, 0.6) is 0 Å². The average molecular weight is 299 g/mol. The number of aromatic nitrogens is 1. The first-order valence-electron chi connectivity index (χ1n) is 6.83. The summed E-state index contributed by atoms with van der Waals surface area (Å²) in [5.41, 5.74) is 0.511. The third-order valence-electron chi connectivity index (χ3n) is 3.64. The van der Waals surface area contributed by atoms with Crippen molar-refractivity contribution in [3.8, 4) is 0 Å². The maximum Gasteiger partial charge on any atom is 0.262 e. The Bertz CT molecular complexity index is 546. The summed E-state index contributed by atoms with van der Waals surface area (Å²) in [4.78, 5) is 4.03. The predicted molar refractivity (Wildman–Crippen MR) is 77.0 cm³/mol. The highest BCUT2D eigenvalue weighted by Gasteiger charge is 2.32. The van der Waals surface area contributed by atoms with E-state index in [0.29, 0.717) is 25.2 Å². The molecule has 2 rings (SSSR count). The Morgan fingerprint density at radius 1 is 1.55 bits per heavy atom. The SMILES string of the molecule is CNc1cccnc1S(=O)(=O)N1CCCC(CCO)C1. The van der Waals surface area contributed by atoms with Crippen LogP contribution in [-0.2, 0) is 10.0 Å². The van der Waals surface area contributed by atoms with Gasteiger partial charge in [-0.15, -0.1) is 0 Å². The van der Waals surface area contributed by atoms with Crippen LogP contribution in [0.15, 0.2) is 23.4 Å². The third kappa shape index (κ3) is 3.11. The number of pyridine rings is 1. The molecular weight excluding hydrogens is 278 g/mol. The zero-order valence-electron chi connectivity index (χ0n) is 11.6. The van der Waals surface area contributed by atoms with Gasteiger partial charge in [-0.2, -0.15) is 4.31 Å². The number of anilines is 1. The van der Waals surface area contributed by atoms with Crippen LogP contribution in [0.3, 0.4) is 0 Å². The summed E-state index contributed by atoms with van der Waals surface area (Å²) in [6.45, 7) is 1.08. The van der Waals surface area contributed by atoms with Crippen molar-refractivity contribution in [2.75, 3.05) is 32.1 Å². The van der Waals surface area contributed by atoms with E-state index in [4.69, 9.17) is 5.11 Å². The van der Waals surface area contributed by atoms with Gasteiger partial charge in [-0.05, 0) is 37.3 Å². The van der Waals surface area contributed by atoms with Gasteiger partial charge >= 0.3 is 0 Å². The Labute approximate surface area is 119 Å². The number of nitrogens with one attached hydrogen (secondary N) is 1. The van der Waals surface area contributed by atoms with Crippen LogP contribution in [0.1, 0.15) is 19.3 Å². The molecule has 1 saturated heterocycles. The molecule has 0 aromatic carbocycles. The van der Waals surface area contributed by atoms with Gasteiger partial charge in [0.2, 0.25) is 0 Å². The highest BCUT2D eigenvalue weighted by Crippen LogP contribution is 2.27. The van der Waals surface area contributed by atoms with Gasteiger partial charge in [0.05, 0.1) is 5.69 Å². The molecule has 1 aliphatic rings. The monoisotopic (exact) mass is 299 g/mol. The number of hydrogen-bond acceptors (Lipinski definition) is 5. The van der Waals surface area contributed by atoms with Crippen molar-refractivity contribution < 1.29 is 13.5 Å². The molecule has 0 radical (unpaired) electrons. The molecule has 1 aromatic heterocycles. The molecule has 20 heavy (non-hydrogen) atoms. The van der Waals surface area contributed by atoms with Gasteiger partial charge in [0.1, 0.15) is 0 Å².